The van der Waals surface area contributed by atoms with E-state index in [2.05, 4.69) is 36.6 Å². The molecule has 1 saturated carbocycles. The third-order valence-electron chi connectivity index (χ3n) is 22.2. The van der Waals surface area contributed by atoms with Crippen molar-refractivity contribution < 1.29 is 70.2 Å². The van der Waals surface area contributed by atoms with Gasteiger partial charge in [0.15, 0.2) is 5.78 Å². The lowest BCUT2D eigenvalue weighted by atomic mass is 9.77. The molecule has 5 aliphatic heterocycles. The highest BCUT2D eigenvalue weighted by molar-refractivity contribution is 7.90. The summed E-state index contributed by atoms with van der Waals surface area (Å²) < 4.78 is 38.8. The van der Waals surface area contributed by atoms with E-state index in [-0.39, 0.29) is 63.3 Å². The molecule has 4 aromatic carbocycles. The average molecular weight is 1540 g/mol. The predicted molar refractivity (Wildman–Crippen MR) is 403 cm³/mol. The van der Waals surface area contributed by atoms with Crippen LogP contribution in [0.25, 0.3) is 21.8 Å². The van der Waals surface area contributed by atoms with Crippen LogP contribution in [0, 0.1) is 17.8 Å². The van der Waals surface area contributed by atoms with Gasteiger partial charge in [-0.25, -0.2) is 8.42 Å². The van der Waals surface area contributed by atoms with Crippen LogP contribution in [0.2, 0.25) is 5.02 Å². The lowest BCUT2D eigenvalue weighted by Crippen LogP contribution is -2.75. The minimum absolute atomic E-state index is 0.0434. The number of β-lactam (4-membered cyclic amide) rings is 1. The molecule has 0 spiro atoms. The average Bonchev–Trinajstić information content (AvgIpc) is 0.829. The zero-order chi connectivity index (χ0) is 77.6. The summed E-state index contributed by atoms with van der Waals surface area (Å²) in [4.78, 5) is 196. The number of carbonyl (C=O) groups is 12. The maximum atomic E-state index is 15.9. The zero-order valence-electron chi connectivity index (χ0n) is 61.4. The molecule has 7 N–H and O–H groups in total. The van der Waals surface area contributed by atoms with Crippen LogP contribution in [0.3, 0.4) is 0 Å². The highest BCUT2D eigenvalue weighted by Crippen LogP contribution is 2.39. The Hall–Kier alpha value is -9.94. The molecule has 7 heterocycles. The van der Waals surface area contributed by atoms with Crippen LogP contribution in [0.15, 0.2) is 116 Å². The van der Waals surface area contributed by atoms with Crippen molar-refractivity contribution in [3.63, 3.8) is 0 Å². The summed E-state index contributed by atoms with van der Waals surface area (Å²) in [6, 6.07) is 16.6. The topological polar surface area (TPSA) is 367 Å². The van der Waals surface area contributed by atoms with Crippen molar-refractivity contribution in [2.45, 2.75) is 151 Å². The fourth-order valence-electron chi connectivity index (χ4n) is 16.2. The van der Waals surface area contributed by atoms with Gasteiger partial charge in [0.1, 0.15) is 63.7 Å². The van der Waals surface area contributed by atoms with E-state index in [0.717, 1.165) is 43.2 Å². The summed E-state index contributed by atoms with van der Waals surface area (Å²) in [5.74, 6) is -13.9. The molecule has 6 fully saturated rings. The number of halogens is 1. The van der Waals surface area contributed by atoms with Crippen LogP contribution in [-0.4, -0.2) is 244 Å². The number of carbonyl (C=O) groups excluding carboxylic acids is 12. The first-order valence-electron chi connectivity index (χ1n) is 36.5. The lowest BCUT2D eigenvalue weighted by Gasteiger charge is -2.52. The van der Waals surface area contributed by atoms with Crippen molar-refractivity contribution in [1.82, 2.24) is 66.0 Å². The summed E-state index contributed by atoms with van der Waals surface area (Å²) in [7, 11) is 1.52. The molecule has 3 unspecified atom stereocenters. The Balaban J connectivity index is 0.988. The Morgan fingerprint density at radius 2 is 1.19 bits per heavy atom. The molecule has 4 bridgehead atoms. The number of nitrogens with one attached hydrogen (secondary N) is 7. The maximum Gasteiger partial charge on any atom is 0.459 e. The Labute approximate surface area is 635 Å². The number of aromatic amines is 2. The van der Waals surface area contributed by atoms with Crippen molar-refractivity contribution in [3.8, 4) is 0 Å². The Morgan fingerprint density at radius 1 is 0.602 bits per heavy atom. The van der Waals surface area contributed by atoms with Gasteiger partial charge in [-0.05, 0) is 98.9 Å². The molecule has 12 rings (SSSR count). The monoisotopic (exact) mass is 1540 g/mol. The number of piperidine rings is 1. The summed E-state index contributed by atoms with van der Waals surface area (Å²) in [6.45, 7) is 3.06. The molecule has 1 aliphatic carbocycles. The highest BCUT2D eigenvalue weighted by Gasteiger charge is 2.56. The standard InChI is InChI=1S/C77H92ClN13O15S2/c1-44-66-76(103)91(44)61(37-47-40-79-55-25-14-12-21-50(47)55)69(96)82-58(74(101)90-32-16-9-17-33-90)38-62(92)83-64-54(43-107-104)65(84-71(64)98)75(102)88(5)60(35-45-19-10-8-11-20-45)70(97)85-77(2,39-48-41-80-56-26-15-13-22-51(48)56)67(94)52-23-18-24-53(52)72(99)86(3)42-63(93)87(4)59(36-46-27-29-49(78)30-28-46)68(95)81-57(73(100)89(66)6)31-34-108(7,105)106/h8,10-15,19-22,25-30,40-41,44,52-54,57-61,64-66,79-80H,9,16-18,23-24,31-39,42-43H2,1-7H3,(H4-,81,82,83,84,85,92,95,96,97,98)/p+1/t44?,52?,53-,54?,57+,58+,59+,60+,61+,64+,65+,66-,77+/m1/s1. The van der Waals surface area contributed by atoms with E-state index in [1.807, 2.05) is 36.4 Å². The van der Waals surface area contributed by atoms with Crippen molar-refractivity contribution in [3.05, 3.63) is 143 Å². The largest absolute Gasteiger partial charge is 0.459 e. The van der Waals surface area contributed by atoms with Crippen molar-refractivity contribution >= 4 is 126 Å². The SMILES string of the molecule is CC1[C@@H]2C(=O)N1[C@@H](Cc1c[nH]c3ccccc13)C(=O)N[C@H](C(=O)N1CCCCC1)CC(=O)N[C@@H]1C(=O)N[C@H](C(=O)N(C)[C@@H](Cc3ccccc3)C(=O)N[C@@](C)(Cc3c[nH]c4ccccc34)C(=O)C3CCC[C@H]3C(=O)N(C)CC(=O)N(C)[C@@H](Cc3ccc(Cl)cc3)C(=O)N[C@@H](CCS(C)(=O)=O)C(=O)N2C)C1C[S+]=O. The Morgan fingerprint density at radius 3 is 1.83 bits per heavy atom. The van der Waals surface area contributed by atoms with Crippen LogP contribution >= 0.6 is 11.6 Å². The highest BCUT2D eigenvalue weighted by atomic mass is 35.5. The molecule has 28 nitrogen and oxygen atoms in total. The quantitative estimate of drug-likeness (QED) is 0.0468. The van der Waals surface area contributed by atoms with Gasteiger partial charge in [0.05, 0.1) is 30.7 Å². The number of amides is 11. The number of aromatic nitrogens is 2. The molecule has 108 heavy (non-hydrogen) atoms. The number of benzene rings is 4. The Bertz CT molecular complexity index is 4570. The normalized spacial score (nSPS) is 27.4. The Kier molecular flexibility index (Phi) is 24.7. The second kappa shape index (κ2) is 33.7. The van der Waals surface area contributed by atoms with Gasteiger partial charge in [-0.2, -0.15) is 0 Å². The number of likely N-dealkylation sites (N-methyl/N-ethyl adjacent to an activating group) is 4. The van der Waals surface area contributed by atoms with Crippen LogP contribution in [0.5, 0.6) is 0 Å². The molecule has 574 valence electrons. The van der Waals surface area contributed by atoms with Crippen LogP contribution in [-0.2, 0) is 109 Å². The summed E-state index contributed by atoms with van der Waals surface area (Å²) in [5.41, 5.74) is 1.87. The zero-order valence-corrected chi connectivity index (χ0v) is 63.8. The summed E-state index contributed by atoms with van der Waals surface area (Å²) in [5, 5.41) is 15.7. The first kappa shape index (κ1) is 79.1. The maximum absolute atomic E-state index is 15.9. The smallest absolute Gasteiger partial charge is 0.361 e. The van der Waals surface area contributed by atoms with Gasteiger partial charge in [-0.1, -0.05) is 96.9 Å². The molecule has 31 heteroatoms. The van der Waals surface area contributed by atoms with Gasteiger partial charge in [-0.15, -0.1) is 0 Å². The van der Waals surface area contributed by atoms with Gasteiger partial charge >= 0.3 is 11.7 Å². The molecule has 6 aromatic rings. The van der Waals surface area contributed by atoms with Gasteiger partial charge < -0.3 is 66.0 Å². The van der Waals surface area contributed by atoms with Crippen LogP contribution in [0.4, 0.5) is 0 Å². The number of likely N-dealkylation sites (tertiary alicyclic amines) is 1. The first-order chi connectivity index (χ1) is 51.4. The number of para-hydroxylation sites is 2. The third kappa shape index (κ3) is 17.4. The van der Waals surface area contributed by atoms with Gasteiger partial charge in [0.25, 0.3) is 0 Å². The number of ketones is 1. The van der Waals surface area contributed by atoms with Crippen molar-refractivity contribution in [2.24, 2.45) is 17.8 Å². The van der Waals surface area contributed by atoms with E-state index < -0.39 is 189 Å². The number of rotatable bonds is 14. The number of fused-ring (bicyclic) bond motifs is 24. The summed E-state index contributed by atoms with van der Waals surface area (Å²) >= 11 is 6.35. The second-order valence-electron chi connectivity index (χ2n) is 29.6. The van der Waals surface area contributed by atoms with Gasteiger partial charge in [0.2, 0.25) is 70.7 Å². The molecule has 2 aromatic heterocycles. The van der Waals surface area contributed by atoms with E-state index >= 15 is 38.4 Å². The number of nitrogens with zero attached hydrogens (tertiary/aromatic N) is 6. The molecule has 11 amide bonds. The number of sulfone groups is 1. The number of hydrogen-bond donors (Lipinski definition) is 7. The molecular weight excluding hydrogens is 1450 g/mol. The van der Waals surface area contributed by atoms with Gasteiger partial charge in [0, 0.05) is 128 Å². The summed E-state index contributed by atoms with van der Waals surface area (Å²) in [6.07, 6.45) is 5.21. The van der Waals surface area contributed by atoms with Crippen molar-refractivity contribution in [1.29, 1.82) is 0 Å². The van der Waals surface area contributed by atoms with Crippen LogP contribution in [0.1, 0.15) is 87.5 Å². The van der Waals surface area contributed by atoms with E-state index in [1.165, 1.54) is 38.0 Å². The fourth-order valence-corrected chi connectivity index (χ4v) is 17.5. The van der Waals surface area contributed by atoms with E-state index in [0.29, 0.717) is 57.4 Å². The fraction of sp³-hybridized carbons (Fsp3) is 0.481. The van der Waals surface area contributed by atoms with E-state index in [9.17, 15) is 31.8 Å². The second-order valence-corrected chi connectivity index (χ2v) is 32.9. The minimum Gasteiger partial charge on any atom is -0.361 e. The number of hydrogen-bond acceptors (Lipinski definition) is 15. The van der Waals surface area contributed by atoms with E-state index in [1.54, 1.807) is 93.0 Å². The molecule has 5 saturated heterocycles. The van der Waals surface area contributed by atoms with Crippen molar-refractivity contribution in [2.75, 3.05) is 65.6 Å². The number of Topliss-reactive ketones (excluding diaryl/α,β-unsaturated/α-hetero) is 1. The van der Waals surface area contributed by atoms with Gasteiger partial charge in [-0.3, -0.25) is 57.5 Å². The molecule has 6 aliphatic rings. The third-order valence-corrected chi connectivity index (χ3v) is 24.0. The molecule has 13 atom stereocenters. The lowest BCUT2D eigenvalue weighted by molar-refractivity contribution is -0.170. The molecule has 0 radical (unpaired) electrons. The molecular formula is C77H93ClN13O15S2+. The van der Waals surface area contributed by atoms with E-state index in [4.69, 9.17) is 11.6 Å². The minimum atomic E-state index is -3.85. The van der Waals surface area contributed by atoms with Crippen LogP contribution < -0.4 is 26.6 Å². The number of H-pyrrole nitrogens is 2. The first-order valence-corrected chi connectivity index (χ1v) is 39.8. The predicted octanol–water partition coefficient (Wildman–Crippen LogP) is 2.82.